The molecule has 0 aliphatic heterocycles. The fourth-order valence-corrected chi connectivity index (χ4v) is 9.67. The fraction of sp³-hybridized carbons (Fsp3) is 0.294. The third-order valence-corrected chi connectivity index (χ3v) is 14.0. The summed E-state index contributed by atoms with van der Waals surface area (Å²) in [5.41, 5.74) is 15.0. The van der Waals surface area contributed by atoms with Crippen LogP contribution in [0.15, 0.2) is 158 Å². The zero-order valence-corrected chi connectivity index (χ0v) is 47.7. The summed E-state index contributed by atoms with van der Waals surface area (Å²) >= 11 is 0. The molecule has 0 saturated carbocycles. The molecule has 2 heterocycles. The molecule has 1 N–H and O–H groups in total. The second kappa shape index (κ2) is 19.5. The van der Waals surface area contributed by atoms with Crippen LogP contribution in [0, 0.1) is 6.07 Å². The number of fused-ring (bicyclic) bond motifs is 1. The van der Waals surface area contributed by atoms with Gasteiger partial charge in [-0.2, -0.15) is 0 Å². The molecule has 4 nitrogen and oxygen atoms in total. The normalized spacial score (nSPS) is 13.1. The van der Waals surface area contributed by atoms with E-state index in [1.807, 2.05) is 36.4 Å². The third kappa shape index (κ3) is 10.7. The number of hydrogen-bond donors (Lipinski definition) is 1. The first-order chi connectivity index (χ1) is 35.0. The molecule has 0 atom stereocenters. The van der Waals surface area contributed by atoms with Crippen molar-refractivity contribution in [1.29, 1.82) is 0 Å². The van der Waals surface area contributed by atoms with Crippen LogP contribution in [-0.2, 0) is 48.1 Å². The number of aromatic hydroxyl groups is 1. The number of benzene rings is 7. The standard InChI is InChI=1S/C68H72N3O.Pt/c1-64(2,3)49-32-33-59(54(40-49)44-22-17-16-18-23-44)71-60-27-21-25-53(61(60)70-63(71)55-41-51(66(7,8)9)42-57(62(55)72)68(13,14)15)47-36-48(38-50(37-47)65(4,5)6)58-39-46(34-35-69-58)43-28-30-45(31-29-43)52-24-19-20-26-56(52)67(10,11)12;/h16-35,37-42,72H,1-15H3;/q-1;/i34D,35D,39D;. The van der Waals surface area contributed by atoms with Crippen LogP contribution >= 0.6 is 0 Å². The van der Waals surface area contributed by atoms with E-state index in [4.69, 9.17) is 12.7 Å². The Labute approximate surface area is 454 Å². The first kappa shape index (κ1) is 48.9. The van der Waals surface area contributed by atoms with Crippen molar-refractivity contribution in [3.05, 3.63) is 192 Å². The molecule has 0 fully saturated rings. The number of phenols is 1. The minimum absolute atomic E-state index is 0. The van der Waals surface area contributed by atoms with Gasteiger partial charge in [-0.15, -0.1) is 29.3 Å². The first-order valence-electron chi connectivity index (χ1n) is 26.9. The number of aromatic nitrogens is 3. The Morgan fingerprint density at radius 2 is 1.04 bits per heavy atom. The molecular formula is C68H72N3OPt-. The number of rotatable bonds is 7. The summed E-state index contributed by atoms with van der Waals surface area (Å²) in [5, 5.41) is 12.6. The van der Waals surface area contributed by atoms with Crippen LogP contribution in [0.1, 0.15) is 136 Å². The van der Waals surface area contributed by atoms with E-state index in [1.54, 1.807) is 0 Å². The molecule has 73 heavy (non-hydrogen) atoms. The number of imidazole rings is 1. The van der Waals surface area contributed by atoms with Crippen LogP contribution in [0.4, 0.5) is 0 Å². The van der Waals surface area contributed by atoms with E-state index in [-0.39, 0.29) is 77.8 Å². The molecule has 2 aromatic heterocycles. The second-order valence-electron chi connectivity index (χ2n) is 24.7. The van der Waals surface area contributed by atoms with E-state index in [9.17, 15) is 6.48 Å². The average molecular weight is 1150 g/mol. The van der Waals surface area contributed by atoms with Crippen LogP contribution in [0.2, 0.25) is 0 Å². The van der Waals surface area contributed by atoms with Gasteiger partial charge in [0.25, 0.3) is 0 Å². The largest absolute Gasteiger partial charge is 0.507 e. The minimum atomic E-state index is -0.381. The monoisotopic (exact) mass is 1140 g/mol. The van der Waals surface area contributed by atoms with Gasteiger partial charge in [-0.3, -0.25) is 9.55 Å². The van der Waals surface area contributed by atoms with Gasteiger partial charge < -0.3 is 5.11 Å². The van der Waals surface area contributed by atoms with Crippen molar-refractivity contribution < 1.29 is 30.3 Å². The van der Waals surface area contributed by atoms with Crippen LogP contribution in [0.3, 0.4) is 0 Å². The summed E-state index contributed by atoms with van der Waals surface area (Å²) in [6.45, 7) is 32.9. The fourth-order valence-electron chi connectivity index (χ4n) is 9.67. The zero-order chi connectivity index (χ0) is 54.3. The molecule has 5 heteroatoms. The summed E-state index contributed by atoms with van der Waals surface area (Å²) in [4.78, 5) is 10.4. The maximum absolute atomic E-state index is 12.6. The van der Waals surface area contributed by atoms with Gasteiger partial charge in [-0.1, -0.05) is 224 Å². The molecule has 0 unspecified atom stereocenters. The van der Waals surface area contributed by atoms with Crippen molar-refractivity contribution in [3.8, 4) is 78.6 Å². The molecule has 0 bridgehead atoms. The van der Waals surface area contributed by atoms with Crippen molar-refractivity contribution in [2.24, 2.45) is 0 Å². The smallest absolute Gasteiger partial charge is 0.148 e. The molecule has 9 rings (SSSR count). The van der Waals surface area contributed by atoms with E-state index in [2.05, 4.69) is 218 Å². The maximum atomic E-state index is 12.6. The van der Waals surface area contributed by atoms with Crippen LogP contribution in [0.25, 0.3) is 83.9 Å². The van der Waals surface area contributed by atoms with Crippen molar-refractivity contribution in [2.75, 3.05) is 0 Å². The predicted molar refractivity (Wildman–Crippen MR) is 305 cm³/mol. The summed E-state index contributed by atoms with van der Waals surface area (Å²) in [6.07, 6.45) is -0.210. The van der Waals surface area contributed by atoms with Gasteiger partial charge in [0.1, 0.15) is 11.6 Å². The van der Waals surface area contributed by atoms with E-state index >= 15 is 0 Å². The Balaban J connectivity index is 0.00000765. The second-order valence-corrected chi connectivity index (χ2v) is 24.7. The quantitative estimate of drug-likeness (QED) is 0.162. The predicted octanol–water partition coefficient (Wildman–Crippen LogP) is 18.4. The van der Waals surface area contributed by atoms with Crippen LogP contribution in [-0.4, -0.2) is 19.6 Å². The van der Waals surface area contributed by atoms with E-state index in [1.165, 1.54) is 11.1 Å². The number of hydrogen-bond acceptors (Lipinski definition) is 3. The van der Waals surface area contributed by atoms with Gasteiger partial charge in [-0.05, 0) is 102 Å². The van der Waals surface area contributed by atoms with Crippen molar-refractivity contribution in [2.45, 2.75) is 131 Å². The van der Waals surface area contributed by atoms with Crippen LogP contribution in [0.5, 0.6) is 5.75 Å². The minimum Gasteiger partial charge on any atom is -0.507 e. The molecule has 0 aliphatic rings. The van der Waals surface area contributed by atoms with Crippen LogP contribution < -0.4 is 0 Å². The molecular weight excluding hydrogens is 1070 g/mol. The number of pyridine rings is 1. The Kier molecular flexibility index (Phi) is 13.1. The van der Waals surface area contributed by atoms with Gasteiger partial charge in [-0.25, -0.2) is 4.98 Å². The van der Waals surface area contributed by atoms with E-state index in [0.717, 1.165) is 61.3 Å². The molecule has 0 spiro atoms. The number of phenolic OH excluding ortho intramolecular Hbond substituents is 1. The zero-order valence-electron chi connectivity index (χ0n) is 48.4. The van der Waals surface area contributed by atoms with E-state index < -0.39 is 0 Å². The molecule has 376 valence electrons. The Morgan fingerprint density at radius 3 is 1.68 bits per heavy atom. The SMILES string of the molecule is [2H]c1nc(-c2[c-]c(-c3cccc4c3nc(-c3cc(C(C)(C)C)cc(C(C)(C)C)c3O)n4-c3ccc(C(C)(C)C)cc3-c3ccccc3)cc(C(C)(C)C)c2)c([2H])c(-c2ccc(-c3ccccc3C(C)(C)C)cc2)c1[2H].[Pt]. The molecule has 0 radical (unpaired) electrons. The molecule has 0 amide bonds. The summed E-state index contributed by atoms with van der Waals surface area (Å²) < 4.78 is 30.3. The Morgan fingerprint density at radius 1 is 0.479 bits per heavy atom. The van der Waals surface area contributed by atoms with Gasteiger partial charge in [0, 0.05) is 44.1 Å². The first-order valence-corrected chi connectivity index (χ1v) is 25.4. The molecule has 7 aromatic carbocycles. The Hall–Kier alpha value is -6.35. The third-order valence-electron chi connectivity index (χ3n) is 14.0. The van der Waals surface area contributed by atoms with Gasteiger partial charge in [0.2, 0.25) is 0 Å². The van der Waals surface area contributed by atoms with Gasteiger partial charge in [0.05, 0.1) is 26.4 Å². The van der Waals surface area contributed by atoms with Crippen molar-refractivity contribution in [1.82, 2.24) is 14.5 Å². The van der Waals surface area contributed by atoms with Crippen molar-refractivity contribution >= 4 is 11.0 Å². The summed E-state index contributed by atoms with van der Waals surface area (Å²) in [5.74, 6) is 0.806. The number of nitrogens with zero attached hydrogens (tertiary/aromatic N) is 3. The Bertz CT molecular complexity index is 3650. The molecule has 0 aliphatic carbocycles. The topological polar surface area (TPSA) is 50.9 Å². The van der Waals surface area contributed by atoms with E-state index in [0.29, 0.717) is 33.6 Å². The van der Waals surface area contributed by atoms with Gasteiger partial charge in [0.15, 0.2) is 0 Å². The number of para-hydroxylation sites is 1. The maximum Gasteiger partial charge on any atom is 0.148 e. The van der Waals surface area contributed by atoms with Crippen molar-refractivity contribution in [3.63, 3.8) is 0 Å². The van der Waals surface area contributed by atoms with Gasteiger partial charge >= 0.3 is 0 Å². The molecule has 0 saturated heterocycles. The summed E-state index contributed by atoms with van der Waals surface area (Å²) in [7, 11) is 0. The molecule has 9 aromatic rings. The average Bonchev–Trinajstić information content (AvgIpc) is 3.73. The summed E-state index contributed by atoms with van der Waals surface area (Å²) in [6, 6.07) is 52.0.